The molecule has 0 aliphatic rings. The van der Waals surface area contributed by atoms with Gasteiger partial charge >= 0.3 is 0 Å². The van der Waals surface area contributed by atoms with E-state index in [4.69, 9.17) is 10.5 Å². The number of aliphatic imine (C=N–C) groups is 1. The molecule has 0 saturated carbocycles. The van der Waals surface area contributed by atoms with Crippen molar-refractivity contribution in [1.82, 2.24) is 10.6 Å². The van der Waals surface area contributed by atoms with Crippen molar-refractivity contribution >= 4 is 35.8 Å². The number of amides is 1. The Kier molecular flexibility index (Phi) is 12.3. The molecule has 0 unspecified atom stereocenters. The number of nitrogens with zero attached hydrogens (tertiary/aromatic N) is 1. The highest BCUT2D eigenvalue weighted by atomic mass is 127. The number of nitrogens with one attached hydrogen (secondary N) is 2. The van der Waals surface area contributed by atoms with E-state index in [0.29, 0.717) is 18.0 Å². The van der Waals surface area contributed by atoms with Crippen LogP contribution in [0.4, 0.5) is 0 Å². The molecule has 7 heteroatoms. The van der Waals surface area contributed by atoms with Crippen LogP contribution in [0.1, 0.15) is 36.2 Å². The zero-order chi connectivity index (χ0) is 17.1. The van der Waals surface area contributed by atoms with Crippen LogP contribution in [0, 0.1) is 5.92 Å². The number of hydrogen-bond acceptors (Lipinski definition) is 3. The maximum absolute atomic E-state index is 11.0. The molecule has 0 bridgehead atoms. The highest BCUT2D eigenvalue weighted by Crippen LogP contribution is 2.03. The Labute approximate surface area is 161 Å². The Bertz CT molecular complexity index is 504. The highest BCUT2D eigenvalue weighted by molar-refractivity contribution is 14.0. The summed E-state index contributed by atoms with van der Waals surface area (Å²) in [5.74, 6) is 0.896. The summed E-state index contributed by atoms with van der Waals surface area (Å²) < 4.78 is 5.53. The summed E-state index contributed by atoms with van der Waals surface area (Å²) in [5, 5.41) is 6.47. The summed E-state index contributed by atoms with van der Waals surface area (Å²) in [7, 11) is 1.74. The van der Waals surface area contributed by atoms with E-state index in [1.807, 2.05) is 12.1 Å². The normalized spacial score (nSPS) is 11.1. The van der Waals surface area contributed by atoms with Crippen LogP contribution < -0.4 is 16.4 Å². The average molecular weight is 448 g/mol. The molecule has 0 atom stereocenters. The van der Waals surface area contributed by atoms with Crippen molar-refractivity contribution in [3.8, 4) is 0 Å². The van der Waals surface area contributed by atoms with Gasteiger partial charge in [0.05, 0.1) is 0 Å². The Hall–Kier alpha value is -1.35. The van der Waals surface area contributed by atoms with Crippen molar-refractivity contribution < 1.29 is 9.53 Å². The molecule has 24 heavy (non-hydrogen) atoms. The minimum atomic E-state index is -0.415. The van der Waals surface area contributed by atoms with Crippen molar-refractivity contribution in [1.29, 1.82) is 0 Å². The zero-order valence-corrected chi connectivity index (χ0v) is 17.0. The number of benzene rings is 1. The van der Waals surface area contributed by atoms with Gasteiger partial charge in [0.1, 0.15) is 0 Å². The summed E-state index contributed by atoms with van der Waals surface area (Å²) in [6, 6.07) is 7.20. The van der Waals surface area contributed by atoms with Crippen LogP contribution in [0.2, 0.25) is 0 Å². The van der Waals surface area contributed by atoms with Gasteiger partial charge in [-0.25, -0.2) is 0 Å². The Morgan fingerprint density at radius 3 is 2.46 bits per heavy atom. The van der Waals surface area contributed by atoms with Crippen molar-refractivity contribution in [2.75, 3.05) is 26.8 Å². The molecule has 1 aromatic carbocycles. The second-order valence-electron chi connectivity index (χ2n) is 5.74. The van der Waals surface area contributed by atoms with Gasteiger partial charge in [0.15, 0.2) is 5.96 Å². The Morgan fingerprint density at radius 1 is 1.25 bits per heavy atom. The highest BCUT2D eigenvalue weighted by Gasteiger charge is 2.01. The molecule has 136 valence electrons. The van der Waals surface area contributed by atoms with Gasteiger partial charge in [-0.15, -0.1) is 24.0 Å². The topological polar surface area (TPSA) is 88.7 Å². The van der Waals surface area contributed by atoms with Gasteiger partial charge in [-0.05, 0) is 30.0 Å². The van der Waals surface area contributed by atoms with E-state index in [2.05, 4.69) is 29.5 Å². The lowest BCUT2D eigenvalue weighted by molar-refractivity contribution is 0.1000. The monoisotopic (exact) mass is 448 g/mol. The van der Waals surface area contributed by atoms with E-state index in [-0.39, 0.29) is 24.0 Å². The van der Waals surface area contributed by atoms with E-state index in [9.17, 15) is 4.79 Å². The van der Waals surface area contributed by atoms with Gasteiger partial charge in [0.25, 0.3) is 0 Å². The summed E-state index contributed by atoms with van der Waals surface area (Å²) in [6.07, 6.45) is 0.931. The molecule has 0 fully saturated rings. The molecule has 0 aliphatic carbocycles. The molecule has 1 aromatic rings. The molecule has 4 N–H and O–H groups in total. The standard InChI is InChI=1S/C17H28N4O2.HI/c1-13(2)12-23-10-4-9-20-17(19-3)21-11-14-5-7-15(8-6-14)16(18)22;/h5-8,13H,4,9-12H2,1-3H3,(H2,18,22)(H2,19,20,21);1H. The smallest absolute Gasteiger partial charge is 0.248 e. The number of hydrogen-bond donors (Lipinski definition) is 3. The lowest BCUT2D eigenvalue weighted by Crippen LogP contribution is -2.37. The second-order valence-corrected chi connectivity index (χ2v) is 5.74. The predicted molar refractivity (Wildman–Crippen MR) is 109 cm³/mol. The third-order valence-electron chi connectivity index (χ3n) is 3.13. The molecular weight excluding hydrogens is 419 g/mol. The maximum atomic E-state index is 11.0. The minimum absolute atomic E-state index is 0. The van der Waals surface area contributed by atoms with Gasteiger partial charge < -0.3 is 21.1 Å². The quantitative estimate of drug-likeness (QED) is 0.234. The first-order valence-corrected chi connectivity index (χ1v) is 7.94. The zero-order valence-electron chi connectivity index (χ0n) is 14.7. The number of halogens is 1. The fourth-order valence-corrected chi connectivity index (χ4v) is 1.89. The number of ether oxygens (including phenoxy) is 1. The number of carbonyl (C=O) groups is 1. The van der Waals surface area contributed by atoms with Crippen molar-refractivity contribution in [2.45, 2.75) is 26.8 Å². The van der Waals surface area contributed by atoms with Crippen LogP contribution in [0.25, 0.3) is 0 Å². The summed E-state index contributed by atoms with van der Waals surface area (Å²) >= 11 is 0. The van der Waals surface area contributed by atoms with E-state index >= 15 is 0 Å². The van der Waals surface area contributed by atoms with Crippen LogP contribution in [-0.4, -0.2) is 38.7 Å². The predicted octanol–water partition coefficient (Wildman–Crippen LogP) is 2.13. The number of guanidine groups is 1. The van der Waals surface area contributed by atoms with Gasteiger partial charge in [0.2, 0.25) is 5.91 Å². The van der Waals surface area contributed by atoms with Crippen LogP contribution in [-0.2, 0) is 11.3 Å². The van der Waals surface area contributed by atoms with Gasteiger partial charge in [-0.3, -0.25) is 9.79 Å². The fraction of sp³-hybridized carbons (Fsp3) is 0.529. The first-order chi connectivity index (χ1) is 11.0. The average Bonchev–Trinajstić information content (AvgIpc) is 2.53. The third-order valence-corrected chi connectivity index (χ3v) is 3.13. The van der Waals surface area contributed by atoms with Gasteiger partial charge in [-0.2, -0.15) is 0 Å². The molecular formula is C17H29IN4O2. The van der Waals surface area contributed by atoms with Crippen LogP contribution in [0.5, 0.6) is 0 Å². The van der Waals surface area contributed by atoms with Crippen LogP contribution >= 0.6 is 24.0 Å². The van der Waals surface area contributed by atoms with Crippen molar-refractivity contribution in [3.63, 3.8) is 0 Å². The van der Waals surface area contributed by atoms with E-state index < -0.39 is 5.91 Å². The fourth-order valence-electron chi connectivity index (χ4n) is 1.89. The van der Waals surface area contributed by atoms with Crippen LogP contribution in [0.15, 0.2) is 29.3 Å². The number of carbonyl (C=O) groups excluding carboxylic acids is 1. The lowest BCUT2D eigenvalue weighted by atomic mass is 10.1. The largest absolute Gasteiger partial charge is 0.381 e. The Balaban J connectivity index is 0.00000529. The van der Waals surface area contributed by atoms with E-state index in [1.54, 1.807) is 19.2 Å². The second kappa shape index (κ2) is 13.0. The van der Waals surface area contributed by atoms with Crippen molar-refractivity contribution in [3.05, 3.63) is 35.4 Å². The molecule has 0 saturated heterocycles. The third kappa shape index (κ3) is 9.71. The first kappa shape index (κ1) is 22.6. The summed E-state index contributed by atoms with van der Waals surface area (Å²) in [5.41, 5.74) is 6.79. The molecule has 1 rings (SSSR count). The number of rotatable bonds is 9. The van der Waals surface area contributed by atoms with Gasteiger partial charge in [-0.1, -0.05) is 26.0 Å². The number of nitrogens with two attached hydrogens (primary N) is 1. The molecule has 0 aromatic heterocycles. The molecule has 1 amide bonds. The minimum Gasteiger partial charge on any atom is -0.381 e. The summed E-state index contributed by atoms with van der Waals surface area (Å²) in [4.78, 5) is 15.2. The van der Waals surface area contributed by atoms with E-state index in [1.165, 1.54) is 0 Å². The molecule has 0 aliphatic heterocycles. The SMILES string of the molecule is CN=C(NCCCOCC(C)C)NCc1ccc(C(N)=O)cc1.I. The maximum Gasteiger partial charge on any atom is 0.248 e. The molecule has 0 heterocycles. The molecule has 6 nitrogen and oxygen atoms in total. The number of primary amides is 1. The van der Waals surface area contributed by atoms with Crippen LogP contribution in [0.3, 0.4) is 0 Å². The lowest BCUT2D eigenvalue weighted by Gasteiger charge is -2.12. The Morgan fingerprint density at radius 2 is 1.92 bits per heavy atom. The molecule has 0 spiro atoms. The summed E-state index contributed by atoms with van der Waals surface area (Å²) in [6.45, 7) is 7.26. The van der Waals surface area contributed by atoms with E-state index in [0.717, 1.165) is 37.7 Å². The first-order valence-electron chi connectivity index (χ1n) is 7.94. The van der Waals surface area contributed by atoms with Gasteiger partial charge in [0, 0.05) is 38.9 Å². The van der Waals surface area contributed by atoms with Crippen molar-refractivity contribution in [2.24, 2.45) is 16.6 Å². The molecule has 0 radical (unpaired) electrons.